The average Bonchev–Trinajstić information content (AvgIpc) is 3.35. The van der Waals surface area contributed by atoms with Gasteiger partial charge in [0.1, 0.15) is 23.4 Å². The third-order valence-electron chi connectivity index (χ3n) is 4.45. The van der Waals surface area contributed by atoms with Crippen molar-refractivity contribution in [3.05, 3.63) is 90.4 Å². The lowest BCUT2D eigenvalue weighted by Crippen LogP contribution is -2.34. The van der Waals surface area contributed by atoms with Crippen LogP contribution in [-0.4, -0.2) is 15.7 Å². The summed E-state index contributed by atoms with van der Waals surface area (Å²) >= 11 is 0. The zero-order valence-electron chi connectivity index (χ0n) is 14.4. The molecule has 0 saturated carbocycles. The second-order valence-corrected chi connectivity index (χ2v) is 6.20. The number of fused-ring (bicyclic) bond motifs is 1. The van der Waals surface area contributed by atoms with Gasteiger partial charge in [-0.1, -0.05) is 48.5 Å². The van der Waals surface area contributed by atoms with E-state index in [0.29, 0.717) is 5.76 Å². The van der Waals surface area contributed by atoms with E-state index in [2.05, 4.69) is 10.4 Å². The largest absolute Gasteiger partial charge is 0.459 e. The molecule has 5 nitrogen and oxygen atoms in total. The van der Waals surface area contributed by atoms with Crippen LogP contribution < -0.4 is 5.32 Å². The molecule has 2 aromatic carbocycles. The van der Waals surface area contributed by atoms with Crippen molar-refractivity contribution < 1.29 is 9.21 Å². The van der Waals surface area contributed by atoms with Crippen LogP contribution >= 0.6 is 0 Å². The number of carbonyl (C=O) groups excluding carboxylic acids is 1. The van der Waals surface area contributed by atoms with Crippen LogP contribution in [0.4, 0.5) is 0 Å². The lowest BCUT2D eigenvalue weighted by Gasteiger charge is -2.20. The Hall–Kier alpha value is -3.34. The van der Waals surface area contributed by atoms with Crippen molar-refractivity contribution in [2.45, 2.75) is 19.0 Å². The molecule has 1 N–H and O–H groups in total. The molecule has 0 unspecified atom stereocenters. The monoisotopic (exact) mass is 345 g/mol. The van der Waals surface area contributed by atoms with Crippen molar-refractivity contribution in [2.24, 2.45) is 0 Å². The summed E-state index contributed by atoms with van der Waals surface area (Å²) in [4.78, 5) is 12.8. The van der Waals surface area contributed by atoms with Gasteiger partial charge in [-0.05, 0) is 30.7 Å². The zero-order chi connectivity index (χ0) is 17.9. The number of carbonyl (C=O) groups is 1. The van der Waals surface area contributed by atoms with Crippen molar-refractivity contribution >= 4 is 16.9 Å². The molecule has 2 aromatic heterocycles. The fourth-order valence-electron chi connectivity index (χ4n) is 3.00. The zero-order valence-corrected chi connectivity index (χ0v) is 14.4. The average molecular weight is 345 g/mol. The molecule has 0 fully saturated rings. The van der Waals surface area contributed by atoms with E-state index in [0.717, 1.165) is 16.5 Å². The summed E-state index contributed by atoms with van der Waals surface area (Å²) in [7, 11) is 0. The lowest BCUT2D eigenvalue weighted by molar-refractivity contribution is -0.124. The predicted octanol–water partition coefficient (Wildman–Crippen LogP) is 4.10. The first kappa shape index (κ1) is 16.1. The van der Waals surface area contributed by atoms with Gasteiger partial charge in [-0.15, -0.1) is 0 Å². The van der Waals surface area contributed by atoms with E-state index in [9.17, 15) is 4.79 Å². The van der Waals surface area contributed by atoms with Crippen LogP contribution in [0, 0.1) is 0 Å². The molecule has 26 heavy (non-hydrogen) atoms. The van der Waals surface area contributed by atoms with Gasteiger partial charge in [-0.25, -0.2) is 0 Å². The van der Waals surface area contributed by atoms with Gasteiger partial charge in [0.25, 0.3) is 0 Å². The van der Waals surface area contributed by atoms with E-state index >= 15 is 0 Å². The first-order valence-corrected chi connectivity index (χ1v) is 8.55. The van der Waals surface area contributed by atoms with Gasteiger partial charge < -0.3 is 9.73 Å². The Morgan fingerprint density at radius 2 is 1.85 bits per heavy atom. The molecular weight excluding hydrogens is 326 g/mol. The van der Waals surface area contributed by atoms with Crippen molar-refractivity contribution in [3.8, 4) is 0 Å². The molecule has 5 heteroatoms. The molecular formula is C21H19N3O2. The first-order chi connectivity index (χ1) is 12.7. The maximum absolute atomic E-state index is 12.8. The number of para-hydroxylation sites is 1. The van der Waals surface area contributed by atoms with Gasteiger partial charge in [-0.3, -0.25) is 9.48 Å². The van der Waals surface area contributed by atoms with Crippen molar-refractivity contribution in [1.29, 1.82) is 0 Å². The van der Waals surface area contributed by atoms with E-state index in [-0.39, 0.29) is 11.9 Å². The summed E-state index contributed by atoms with van der Waals surface area (Å²) in [5, 5.41) is 8.27. The highest BCUT2D eigenvalue weighted by molar-refractivity contribution is 5.81. The van der Waals surface area contributed by atoms with Crippen LogP contribution in [-0.2, 0) is 4.79 Å². The molecule has 130 valence electrons. The molecule has 2 heterocycles. The molecule has 0 spiro atoms. The normalized spacial score (nSPS) is 13.4. The van der Waals surface area contributed by atoms with Crippen LogP contribution in [0.1, 0.15) is 30.3 Å². The minimum atomic E-state index is -0.416. The molecule has 0 aliphatic carbocycles. The van der Waals surface area contributed by atoms with Crippen LogP contribution in [0.25, 0.3) is 11.0 Å². The van der Waals surface area contributed by atoms with Crippen molar-refractivity contribution in [3.63, 3.8) is 0 Å². The number of furan rings is 1. The summed E-state index contributed by atoms with van der Waals surface area (Å²) in [6, 6.07) is 20.7. The maximum atomic E-state index is 12.8. The Morgan fingerprint density at radius 3 is 2.58 bits per heavy atom. The van der Waals surface area contributed by atoms with Gasteiger partial charge in [0.05, 0.1) is 0 Å². The molecule has 0 bridgehead atoms. The Morgan fingerprint density at radius 1 is 1.08 bits per heavy atom. The number of aromatic nitrogens is 2. The fourth-order valence-corrected chi connectivity index (χ4v) is 3.00. The van der Waals surface area contributed by atoms with Gasteiger partial charge in [0, 0.05) is 17.8 Å². The number of hydrogen-bond donors (Lipinski definition) is 1. The fraction of sp³-hybridized carbons (Fsp3) is 0.143. The summed E-state index contributed by atoms with van der Waals surface area (Å²) in [6.07, 6.45) is 3.45. The molecule has 1 amide bonds. The number of nitrogens with zero attached hydrogens (tertiary/aromatic N) is 2. The molecule has 0 radical (unpaired) electrons. The molecule has 0 aliphatic rings. The number of benzene rings is 2. The third-order valence-corrected chi connectivity index (χ3v) is 4.45. The van der Waals surface area contributed by atoms with E-state index < -0.39 is 6.04 Å². The number of rotatable bonds is 5. The Labute approximate surface area is 151 Å². The smallest absolute Gasteiger partial charge is 0.245 e. The Balaban J connectivity index is 1.68. The third kappa shape index (κ3) is 3.11. The van der Waals surface area contributed by atoms with E-state index in [1.165, 1.54) is 0 Å². The molecule has 0 aliphatic heterocycles. The Bertz CT molecular complexity index is 973. The highest BCUT2D eigenvalue weighted by atomic mass is 16.3. The summed E-state index contributed by atoms with van der Waals surface area (Å²) < 4.78 is 7.65. The van der Waals surface area contributed by atoms with Gasteiger partial charge >= 0.3 is 0 Å². The molecule has 0 saturated heterocycles. The van der Waals surface area contributed by atoms with Crippen LogP contribution in [0.3, 0.4) is 0 Å². The first-order valence-electron chi connectivity index (χ1n) is 8.55. The number of nitrogens with one attached hydrogen (secondary N) is 1. The number of hydrogen-bond acceptors (Lipinski definition) is 3. The van der Waals surface area contributed by atoms with Crippen molar-refractivity contribution in [1.82, 2.24) is 15.1 Å². The summed E-state index contributed by atoms with van der Waals surface area (Å²) in [5.74, 6) is 0.585. The maximum Gasteiger partial charge on any atom is 0.245 e. The van der Waals surface area contributed by atoms with Gasteiger partial charge in [-0.2, -0.15) is 5.10 Å². The standard InChI is InChI=1S/C21H19N3O2/c1-15(24-13-7-12-22-24)21(25)23-20(16-8-3-2-4-9-16)19-14-17-10-5-6-11-18(17)26-19/h2-15,20H,1H3,(H,23,25)/t15-,20-/m1/s1. The second-order valence-electron chi connectivity index (χ2n) is 6.20. The highest BCUT2D eigenvalue weighted by Crippen LogP contribution is 2.28. The molecule has 4 rings (SSSR count). The van der Waals surface area contributed by atoms with E-state index in [1.807, 2.05) is 67.6 Å². The molecule has 2 atom stereocenters. The van der Waals surface area contributed by atoms with Gasteiger partial charge in [0.2, 0.25) is 5.91 Å². The Kier molecular flexibility index (Phi) is 4.27. The highest BCUT2D eigenvalue weighted by Gasteiger charge is 2.24. The molecule has 4 aromatic rings. The van der Waals surface area contributed by atoms with Crippen LogP contribution in [0.2, 0.25) is 0 Å². The topological polar surface area (TPSA) is 60.1 Å². The van der Waals surface area contributed by atoms with Gasteiger partial charge in [0.15, 0.2) is 0 Å². The quantitative estimate of drug-likeness (QED) is 0.592. The van der Waals surface area contributed by atoms with Crippen LogP contribution in [0.15, 0.2) is 83.5 Å². The van der Waals surface area contributed by atoms with E-state index in [1.54, 1.807) is 23.1 Å². The predicted molar refractivity (Wildman–Crippen MR) is 99.6 cm³/mol. The number of amides is 1. The summed E-state index contributed by atoms with van der Waals surface area (Å²) in [5.41, 5.74) is 1.77. The van der Waals surface area contributed by atoms with Crippen molar-refractivity contribution in [2.75, 3.05) is 0 Å². The minimum absolute atomic E-state index is 0.122. The lowest BCUT2D eigenvalue weighted by atomic mass is 10.0. The SMILES string of the molecule is C[C@H](C(=O)N[C@H](c1ccccc1)c1cc2ccccc2o1)n1cccn1. The van der Waals surface area contributed by atoms with E-state index in [4.69, 9.17) is 4.42 Å². The minimum Gasteiger partial charge on any atom is -0.459 e. The summed E-state index contributed by atoms with van der Waals surface area (Å²) in [6.45, 7) is 1.82. The second kappa shape index (κ2) is 6.88. The van der Waals surface area contributed by atoms with Crippen LogP contribution in [0.5, 0.6) is 0 Å².